The van der Waals surface area contributed by atoms with E-state index in [1.54, 1.807) is 13.3 Å². The summed E-state index contributed by atoms with van der Waals surface area (Å²) in [7, 11) is 1.66. The summed E-state index contributed by atoms with van der Waals surface area (Å²) in [6.07, 6.45) is 1.59. The number of ether oxygens (including phenoxy) is 1. The lowest BCUT2D eigenvalue weighted by Crippen LogP contribution is -2.31. The maximum absolute atomic E-state index is 11.0. The minimum Gasteiger partial charge on any atom is -0.383 e. The van der Waals surface area contributed by atoms with Crippen LogP contribution in [0.25, 0.3) is 0 Å². The van der Waals surface area contributed by atoms with E-state index in [0.29, 0.717) is 12.5 Å². The molecule has 0 saturated carbocycles. The molecule has 0 aromatic carbocycles. The summed E-state index contributed by atoms with van der Waals surface area (Å²) in [4.78, 5) is 11.0. The highest BCUT2D eigenvalue weighted by Gasteiger charge is 2.12. The zero-order chi connectivity index (χ0) is 11.3. The number of methoxy groups -OCH3 is 1. The molecule has 1 rings (SSSR count). The molecule has 1 aromatic rings. The Balaban J connectivity index is 2.69. The van der Waals surface area contributed by atoms with Gasteiger partial charge in [-0.05, 0) is 5.92 Å². The molecule has 0 aliphatic carbocycles. The van der Waals surface area contributed by atoms with Crippen molar-refractivity contribution in [3.05, 3.63) is 22.6 Å². The Morgan fingerprint density at radius 2 is 2.33 bits per heavy atom. The first-order chi connectivity index (χ1) is 7.13. The molecular weight excluding hydrogens is 194 g/mol. The Labute approximate surface area is 88.9 Å². The van der Waals surface area contributed by atoms with Crippen molar-refractivity contribution in [3.8, 4) is 0 Å². The highest BCUT2D eigenvalue weighted by molar-refractivity contribution is 5.39. The molecule has 1 aromatic heterocycles. The molecule has 0 amide bonds. The standard InChI is InChI=1S/C10H17N3O2/c1-7(2)9(6-15-3)12-8-4-10(14)13-11-5-8/h4-5,7,9H,6H2,1-3H3,(H2,12,13,14). The Hall–Kier alpha value is -1.36. The van der Waals surface area contributed by atoms with Gasteiger partial charge in [0.1, 0.15) is 0 Å². The van der Waals surface area contributed by atoms with Gasteiger partial charge in [-0.15, -0.1) is 0 Å². The maximum Gasteiger partial charge on any atom is 0.266 e. The predicted molar refractivity (Wildman–Crippen MR) is 59.0 cm³/mol. The van der Waals surface area contributed by atoms with Crippen LogP contribution in [0.3, 0.4) is 0 Å². The number of aromatic amines is 1. The van der Waals surface area contributed by atoms with Crippen molar-refractivity contribution in [3.63, 3.8) is 0 Å². The first-order valence-electron chi connectivity index (χ1n) is 4.93. The molecule has 5 nitrogen and oxygen atoms in total. The first-order valence-corrected chi connectivity index (χ1v) is 4.93. The first kappa shape index (κ1) is 11.7. The van der Waals surface area contributed by atoms with Crippen LogP contribution in [0.2, 0.25) is 0 Å². The fourth-order valence-electron chi connectivity index (χ4n) is 1.25. The van der Waals surface area contributed by atoms with Crippen LogP contribution < -0.4 is 10.9 Å². The average molecular weight is 211 g/mol. The van der Waals surface area contributed by atoms with Crippen molar-refractivity contribution < 1.29 is 4.74 Å². The lowest BCUT2D eigenvalue weighted by Gasteiger charge is -2.22. The van der Waals surface area contributed by atoms with Gasteiger partial charge < -0.3 is 10.1 Å². The van der Waals surface area contributed by atoms with Gasteiger partial charge >= 0.3 is 0 Å². The van der Waals surface area contributed by atoms with E-state index in [0.717, 1.165) is 5.69 Å². The van der Waals surface area contributed by atoms with Gasteiger partial charge in [-0.2, -0.15) is 5.10 Å². The van der Waals surface area contributed by atoms with Gasteiger partial charge in [0.15, 0.2) is 0 Å². The summed E-state index contributed by atoms with van der Waals surface area (Å²) in [5.41, 5.74) is 0.509. The number of aromatic nitrogens is 2. The van der Waals surface area contributed by atoms with Crippen LogP contribution in [-0.2, 0) is 4.74 Å². The lowest BCUT2D eigenvalue weighted by molar-refractivity contribution is 0.171. The number of hydrogen-bond acceptors (Lipinski definition) is 4. The van der Waals surface area contributed by atoms with E-state index < -0.39 is 0 Å². The van der Waals surface area contributed by atoms with Crippen LogP contribution in [0.5, 0.6) is 0 Å². The molecule has 0 spiro atoms. The molecule has 0 saturated heterocycles. The number of anilines is 1. The van der Waals surface area contributed by atoms with E-state index in [2.05, 4.69) is 29.4 Å². The van der Waals surface area contributed by atoms with E-state index in [1.165, 1.54) is 6.07 Å². The van der Waals surface area contributed by atoms with Crippen molar-refractivity contribution in [1.82, 2.24) is 10.2 Å². The van der Waals surface area contributed by atoms with Crippen molar-refractivity contribution in [2.24, 2.45) is 5.92 Å². The molecule has 84 valence electrons. The zero-order valence-corrected chi connectivity index (χ0v) is 9.28. The third-order valence-corrected chi connectivity index (χ3v) is 2.17. The van der Waals surface area contributed by atoms with Gasteiger partial charge in [-0.3, -0.25) is 4.79 Å². The van der Waals surface area contributed by atoms with Crippen LogP contribution >= 0.6 is 0 Å². The molecule has 0 fully saturated rings. The van der Waals surface area contributed by atoms with Crippen LogP contribution in [-0.4, -0.2) is 30.0 Å². The second-order valence-corrected chi connectivity index (χ2v) is 3.78. The molecule has 0 radical (unpaired) electrons. The van der Waals surface area contributed by atoms with Crippen molar-refractivity contribution in [2.45, 2.75) is 19.9 Å². The van der Waals surface area contributed by atoms with E-state index in [9.17, 15) is 4.79 Å². The second-order valence-electron chi connectivity index (χ2n) is 3.78. The van der Waals surface area contributed by atoms with E-state index in [1.807, 2.05) is 0 Å². The molecule has 0 bridgehead atoms. The Morgan fingerprint density at radius 3 is 2.87 bits per heavy atom. The van der Waals surface area contributed by atoms with E-state index in [4.69, 9.17) is 4.74 Å². The molecular formula is C10H17N3O2. The number of H-pyrrole nitrogens is 1. The Kier molecular flexibility index (Phi) is 4.30. The summed E-state index contributed by atoms with van der Waals surface area (Å²) < 4.78 is 5.10. The lowest BCUT2D eigenvalue weighted by atomic mass is 10.1. The largest absolute Gasteiger partial charge is 0.383 e. The van der Waals surface area contributed by atoms with Crippen LogP contribution in [0.15, 0.2) is 17.1 Å². The normalized spacial score (nSPS) is 12.8. The summed E-state index contributed by atoms with van der Waals surface area (Å²) in [5, 5.41) is 9.26. The van der Waals surface area contributed by atoms with Gasteiger partial charge in [0.05, 0.1) is 24.5 Å². The van der Waals surface area contributed by atoms with Crippen LogP contribution in [0, 0.1) is 5.92 Å². The van der Waals surface area contributed by atoms with Gasteiger partial charge in [-0.25, -0.2) is 5.10 Å². The Bertz CT molecular complexity index is 349. The summed E-state index contributed by atoms with van der Waals surface area (Å²) in [6, 6.07) is 1.66. The summed E-state index contributed by atoms with van der Waals surface area (Å²) >= 11 is 0. The topological polar surface area (TPSA) is 67.0 Å². The fraction of sp³-hybridized carbons (Fsp3) is 0.600. The SMILES string of the molecule is COCC(Nc1cn[nH]c(=O)c1)C(C)C. The molecule has 1 atom stereocenters. The summed E-state index contributed by atoms with van der Waals surface area (Å²) in [5.74, 6) is 0.421. The highest BCUT2D eigenvalue weighted by Crippen LogP contribution is 2.09. The number of hydrogen-bond donors (Lipinski definition) is 2. The zero-order valence-electron chi connectivity index (χ0n) is 9.28. The quantitative estimate of drug-likeness (QED) is 0.757. The highest BCUT2D eigenvalue weighted by atomic mass is 16.5. The molecule has 5 heteroatoms. The van der Waals surface area contributed by atoms with E-state index in [-0.39, 0.29) is 11.6 Å². The molecule has 0 aliphatic heterocycles. The molecule has 15 heavy (non-hydrogen) atoms. The predicted octanol–water partition coefficient (Wildman–Crippen LogP) is 0.853. The van der Waals surface area contributed by atoms with Crippen molar-refractivity contribution >= 4 is 5.69 Å². The van der Waals surface area contributed by atoms with Crippen molar-refractivity contribution in [2.75, 3.05) is 19.0 Å². The van der Waals surface area contributed by atoms with Gasteiger partial charge in [0.25, 0.3) is 5.56 Å². The molecule has 2 N–H and O–H groups in total. The third-order valence-electron chi connectivity index (χ3n) is 2.17. The summed E-state index contributed by atoms with van der Waals surface area (Å²) in [6.45, 7) is 4.79. The third kappa shape index (κ3) is 3.71. The van der Waals surface area contributed by atoms with Gasteiger partial charge in [-0.1, -0.05) is 13.8 Å². The smallest absolute Gasteiger partial charge is 0.266 e. The Morgan fingerprint density at radius 1 is 1.60 bits per heavy atom. The molecule has 0 aliphatic rings. The monoisotopic (exact) mass is 211 g/mol. The maximum atomic E-state index is 11.0. The van der Waals surface area contributed by atoms with Gasteiger partial charge in [0, 0.05) is 13.2 Å². The van der Waals surface area contributed by atoms with Crippen LogP contribution in [0.1, 0.15) is 13.8 Å². The minimum atomic E-state index is -0.208. The fourth-order valence-corrected chi connectivity index (χ4v) is 1.25. The second kappa shape index (κ2) is 5.50. The minimum absolute atomic E-state index is 0.179. The molecule has 1 unspecified atom stereocenters. The average Bonchev–Trinajstić information content (AvgIpc) is 2.17. The number of nitrogens with one attached hydrogen (secondary N) is 2. The number of nitrogens with zero attached hydrogens (tertiary/aromatic N) is 1. The number of rotatable bonds is 5. The molecule has 1 heterocycles. The van der Waals surface area contributed by atoms with Crippen LogP contribution in [0.4, 0.5) is 5.69 Å². The van der Waals surface area contributed by atoms with Gasteiger partial charge in [0.2, 0.25) is 0 Å². The van der Waals surface area contributed by atoms with E-state index >= 15 is 0 Å². The van der Waals surface area contributed by atoms with Crippen molar-refractivity contribution in [1.29, 1.82) is 0 Å².